The van der Waals surface area contributed by atoms with Gasteiger partial charge >= 0.3 is 0 Å². The minimum Gasteiger partial charge on any atom is -0.386 e. The Kier molecular flexibility index (Phi) is 4.55. The van der Waals surface area contributed by atoms with Crippen LogP contribution in [-0.2, 0) is 7.05 Å². The molecule has 24 heavy (non-hydrogen) atoms. The second kappa shape index (κ2) is 6.63. The monoisotopic (exact) mass is 346 g/mol. The SMILES string of the molecule is Cn1cc([C@H](O)CNC(=O)c2c(F)cccc2Cl)c2ccccc21. The van der Waals surface area contributed by atoms with Gasteiger partial charge in [-0.2, -0.15) is 0 Å². The predicted molar refractivity (Wildman–Crippen MR) is 91.6 cm³/mol. The van der Waals surface area contributed by atoms with Gasteiger partial charge in [-0.25, -0.2) is 4.39 Å². The Morgan fingerprint density at radius 2 is 2.04 bits per heavy atom. The molecule has 3 aromatic rings. The molecule has 2 N–H and O–H groups in total. The van der Waals surface area contributed by atoms with Crippen LogP contribution in [0.4, 0.5) is 4.39 Å². The van der Waals surface area contributed by atoms with E-state index in [0.717, 1.165) is 10.9 Å². The number of carbonyl (C=O) groups excluding carboxylic acids is 1. The minimum absolute atomic E-state index is 0.0344. The summed E-state index contributed by atoms with van der Waals surface area (Å²) in [6.45, 7) is -0.0441. The molecule has 1 aromatic heterocycles. The molecule has 0 unspecified atom stereocenters. The van der Waals surface area contributed by atoms with E-state index in [1.165, 1.54) is 18.2 Å². The molecule has 0 aliphatic heterocycles. The lowest BCUT2D eigenvalue weighted by molar-refractivity contribution is 0.0913. The quantitative estimate of drug-likeness (QED) is 0.760. The first kappa shape index (κ1) is 16.5. The first-order chi connectivity index (χ1) is 11.5. The summed E-state index contributed by atoms with van der Waals surface area (Å²) in [6, 6.07) is 11.7. The Balaban J connectivity index is 1.78. The molecule has 1 atom stereocenters. The number of hydrogen-bond acceptors (Lipinski definition) is 2. The van der Waals surface area contributed by atoms with Gasteiger partial charge in [0.25, 0.3) is 5.91 Å². The molecule has 124 valence electrons. The van der Waals surface area contributed by atoms with Gasteiger partial charge in [-0.05, 0) is 18.2 Å². The summed E-state index contributed by atoms with van der Waals surface area (Å²) in [5.74, 6) is -1.35. The van der Waals surface area contributed by atoms with Crippen LogP contribution in [0.2, 0.25) is 5.02 Å². The number of para-hydroxylation sites is 1. The number of hydrogen-bond donors (Lipinski definition) is 2. The molecule has 0 aliphatic carbocycles. The van der Waals surface area contributed by atoms with Crippen molar-refractivity contribution in [3.05, 3.63) is 70.6 Å². The zero-order valence-corrected chi connectivity index (χ0v) is 13.7. The van der Waals surface area contributed by atoms with E-state index in [2.05, 4.69) is 5.32 Å². The van der Waals surface area contributed by atoms with Crippen molar-refractivity contribution in [3.8, 4) is 0 Å². The van der Waals surface area contributed by atoms with Crippen molar-refractivity contribution >= 4 is 28.4 Å². The third-order valence-electron chi connectivity index (χ3n) is 3.93. The second-order valence-electron chi connectivity index (χ2n) is 5.53. The van der Waals surface area contributed by atoms with Crippen LogP contribution in [0.5, 0.6) is 0 Å². The fourth-order valence-electron chi connectivity index (χ4n) is 2.74. The van der Waals surface area contributed by atoms with E-state index < -0.39 is 17.8 Å². The van der Waals surface area contributed by atoms with E-state index in [1.807, 2.05) is 42.1 Å². The highest BCUT2D eigenvalue weighted by molar-refractivity contribution is 6.33. The third kappa shape index (κ3) is 3.00. The van der Waals surface area contributed by atoms with Crippen LogP contribution in [-0.4, -0.2) is 22.1 Å². The number of carbonyl (C=O) groups is 1. The Hall–Kier alpha value is -2.37. The number of fused-ring (bicyclic) bond motifs is 1. The van der Waals surface area contributed by atoms with Crippen molar-refractivity contribution in [2.24, 2.45) is 7.05 Å². The van der Waals surface area contributed by atoms with E-state index in [9.17, 15) is 14.3 Å². The summed E-state index contributed by atoms with van der Waals surface area (Å²) >= 11 is 5.87. The van der Waals surface area contributed by atoms with Crippen molar-refractivity contribution in [1.82, 2.24) is 9.88 Å². The van der Waals surface area contributed by atoms with Gasteiger partial charge in [-0.3, -0.25) is 4.79 Å². The van der Waals surface area contributed by atoms with Crippen molar-refractivity contribution < 1.29 is 14.3 Å². The van der Waals surface area contributed by atoms with E-state index in [4.69, 9.17) is 11.6 Å². The standard InChI is InChI=1S/C18H16ClFN2O2/c1-22-10-12(11-5-2-3-8-15(11)22)16(23)9-21-18(24)17-13(19)6-4-7-14(17)20/h2-8,10,16,23H,9H2,1H3,(H,21,24)/t16-/m1/s1. The Morgan fingerprint density at radius 1 is 1.29 bits per heavy atom. The van der Waals surface area contributed by atoms with Crippen molar-refractivity contribution in [1.29, 1.82) is 0 Å². The van der Waals surface area contributed by atoms with Gasteiger partial charge in [0.2, 0.25) is 0 Å². The van der Waals surface area contributed by atoms with Crippen molar-refractivity contribution in [2.75, 3.05) is 6.54 Å². The Morgan fingerprint density at radius 3 is 2.79 bits per heavy atom. The van der Waals surface area contributed by atoms with E-state index in [1.54, 1.807) is 0 Å². The smallest absolute Gasteiger partial charge is 0.255 e. The van der Waals surface area contributed by atoms with E-state index in [0.29, 0.717) is 5.56 Å². The fourth-order valence-corrected chi connectivity index (χ4v) is 2.99. The maximum absolute atomic E-state index is 13.7. The largest absolute Gasteiger partial charge is 0.386 e. The molecule has 0 saturated heterocycles. The highest BCUT2D eigenvalue weighted by Gasteiger charge is 2.19. The molecule has 0 aliphatic rings. The van der Waals surface area contributed by atoms with Crippen LogP contribution in [0.3, 0.4) is 0 Å². The van der Waals surface area contributed by atoms with Gasteiger partial charge in [0.15, 0.2) is 0 Å². The number of aliphatic hydroxyl groups excluding tert-OH is 1. The molecule has 0 spiro atoms. The van der Waals surface area contributed by atoms with Gasteiger partial charge in [0, 0.05) is 36.3 Å². The summed E-state index contributed by atoms with van der Waals surface area (Å²) in [6.07, 6.45) is 0.906. The molecule has 2 aromatic carbocycles. The topological polar surface area (TPSA) is 54.3 Å². The molecular weight excluding hydrogens is 331 g/mol. The molecular formula is C18H16ClFN2O2. The molecule has 3 rings (SSSR count). The number of aryl methyl sites for hydroxylation is 1. The zero-order valence-electron chi connectivity index (χ0n) is 13.0. The van der Waals surface area contributed by atoms with Gasteiger partial charge in [0.05, 0.1) is 16.7 Å². The third-order valence-corrected chi connectivity index (χ3v) is 4.25. The normalized spacial score (nSPS) is 12.3. The molecule has 1 heterocycles. The molecule has 0 bridgehead atoms. The van der Waals surface area contributed by atoms with Crippen LogP contribution in [0.25, 0.3) is 10.9 Å². The molecule has 1 amide bonds. The number of aromatic nitrogens is 1. The van der Waals surface area contributed by atoms with Crippen molar-refractivity contribution in [2.45, 2.75) is 6.10 Å². The van der Waals surface area contributed by atoms with Crippen LogP contribution >= 0.6 is 11.6 Å². The Bertz CT molecular complexity index is 887. The lowest BCUT2D eigenvalue weighted by Gasteiger charge is -2.12. The summed E-state index contributed by atoms with van der Waals surface area (Å²) in [7, 11) is 1.89. The summed E-state index contributed by atoms with van der Waals surface area (Å²) in [5.41, 5.74) is 1.47. The maximum Gasteiger partial charge on any atom is 0.255 e. The van der Waals surface area contributed by atoms with Crippen LogP contribution in [0, 0.1) is 5.82 Å². The maximum atomic E-state index is 13.7. The van der Waals surface area contributed by atoms with E-state index in [-0.39, 0.29) is 17.1 Å². The molecule has 0 saturated carbocycles. The number of nitrogens with zero attached hydrogens (tertiary/aromatic N) is 1. The molecule has 6 heteroatoms. The lowest BCUT2D eigenvalue weighted by atomic mass is 10.1. The molecule has 0 fully saturated rings. The zero-order chi connectivity index (χ0) is 17.3. The van der Waals surface area contributed by atoms with E-state index >= 15 is 0 Å². The van der Waals surface area contributed by atoms with Crippen LogP contribution < -0.4 is 5.32 Å². The van der Waals surface area contributed by atoms with Gasteiger partial charge < -0.3 is 15.0 Å². The lowest BCUT2D eigenvalue weighted by Crippen LogP contribution is -2.29. The first-order valence-electron chi connectivity index (χ1n) is 7.43. The number of rotatable bonds is 4. The summed E-state index contributed by atoms with van der Waals surface area (Å²) < 4.78 is 15.7. The van der Waals surface area contributed by atoms with Gasteiger partial charge in [-0.15, -0.1) is 0 Å². The number of amides is 1. The highest BCUT2D eigenvalue weighted by atomic mass is 35.5. The second-order valence-corrected chi connectivity index (χ2v) is 5.94. The van der Waals surface area contributed by atoms with Gasteiger partial charge in [0.1, 0.15) is 5.82 Å². The summed E-state index contributed by atoms with van der Waals surface area (Å²) in [5, 5.41) is 13.9. The van der Waals surface area contributed by atoms with Crippen LogP contribution in [0.1, 0.15) is 22.0 Å². The first-order valence-corrected chi connectivity index (χ1v) is 7.81. The molecule has 0 radical (unpaired) electrons. The molecule has 4 nitrogen and oxygen atoms in total. The predicted octanol–water partition coefficient (Wildman–Crippen LogP) is 3.43. The number of aliphatic hydroxyl groups is 1. The van der Waals surface area contributed by atoms with Gasteiger partial charge in [-0.1, -0.05) is 35.9 Å². The summed E-state index contributed by atoms with van der Waals surface area (Å²) in [4.78, 5) is 12.1. The number of nitrogens with one attached hydrogen (secondary N) is 1. The minimum atomic E-state index is -0.911. The van der Waals surface area contributed by atoms with Crippen LogP contribution in [0.15, 0.2) is 48.7 Å². The average molecular weight is 347 g/mol. The average Bonchev–Trinajstić information content (AvgIpc) is 2.90. The Labute approximate surface area is 143 Å². The number of halogens is 2. The van der Waals surface area contributed by atoms with Crippen molar-refractivity contribution in [3.63, 3.8) is 0 Å². The fraction of sp³-hybridized carbons (Fsp3) is 0.167. The highest BCUT2D eigenvalue weighted by Crippen LogP contribution is 2.26. The number of benzene rings is 2.